The molecule has 8 nitrogen and oxygen atoms in total. The highest BCUT2D eigenvalue weighted by Crippen LogP contribution is 2.20. The summed E-state index contributed by atoms with van der Waals surface area (Å²) in [6.07, 6.45) is 3.10. The van der Waals surface area contributed by atoms with Gasteiger partial charge in [-0.3, -0.25) is 14.6 Å². The number of anilines is 1. The van der Waals surface area contributed by atoms with Gasteiger partial charge in [0.15, 0.2) is 0 Å². The number of hydrogen-bond acceptors (Lipinski definition) is 5. The number of ether oxygens (including phenoxy) is 1. The Morgan fingerprint density at radius 1 is 0.971 bits per heavy atom. The molecule has 2 fully saturated rings. The Morgan fingerprint density at radius 3 is 2.29 bits per heavy atom. The van der Waals surface area contributed by atoms with Gasteiger partial charge in [0, 0.05) is 57.5 Å². The Morgan fingerprint density at radius 2 is 1.65 bits per heavy atom. The smallest absolute Gasteiger partial charge is 0.317 e. The minimum Gasteiger partial charge on any atom is -0.379 e. The number of para-hydroxylation sites is 1. The van der Waals surface area contributed by atoms with Gasteiger partial charge < -0.3 is 20.3 Å². The largest absolute Gasteiger partial charge is 0.379 e. The molecule has 0 spiro atoms. The van der Waals surface area contributed by atoms with Crippen molar-refractivity contribution in [1.29, 1.82) is 0 Å². The van der Waals surface area contributed by atoms with Crippen molar-refractivity contribution < 1.29 is 14.3 Å². The van der Waals surface area contributed by atoms with Crippen LogP contribution in [0.2, 0.25) is 0 Å². The number of rotatable bonds is 10. The van der Waals surface area contributed by atoms with E-state index in [2.05, 4.69) is 41.2 Å². The SMILES string of the molecule is CCc1ccccc1NC(=O)CN1CCN(C(=O)NCC(C(CC)CC)N2CCOCC2)CC1. The first kappa shape index (κ1) is 26.4. The molecule has 1 aromatic carbocycles. The van der Waals surface area contributed by atoms with Crippen LogP contribution in [0.5, 0.6) is 0 Å². The van der Waals surface area contributed by atoms with E-state index in [0.29, 0.717) is 51.2 Å². The summed E-state index contributed by atoms with van der Waals surface area (Å²) in [6.45, 7) is 13.7. The van der Waals surface area contributed by atoms with Gasteiger partial charge in [-0.25, -0.2) is 4.79 Å². The van der Waals surface area contributed by atoms with Crippen molar-refractivity contribution >= 4 is 17.6 Å². The molecule has 0 radical (unpaired) electrons. The van der Waals surface area contributed by atoms with Gasteiger partial charge in [-0.1, -0.05) is 51.8 Å². The number of aryl methyl sites for hydroxylation is 1. The van der Waals surface area contributed by atoms with Crippen molar-refractivity contribution in [3.8, 4) is 0 Å². The summed E-state index contributed by atoms with van der Waals surface area (Å²) < 4.78 is 5.53. The highest BCUT2D eigenvalue weighted by atomic mass is 16.5. The predicted octanol–water partition coefficient (Wildman–Crippen LogP) is 2.65. The molecule has 0 saturated carbocycles. The van der Waals surface area contributed by atoms with Crippen LogP contribution in [0.4, 0.5) is 10.5 Å². The average molecular weight is 474 g/mol. The lowest BCUT2D eigenvalue weighted by Gasteiger charge is -2.39. The Hall–Kier alpha value is -2.16. The lowest BCUT2D eigenvalue weighted by Crippen LogP contribution is -2.56. The molecule has 34 heavy (non-hydrogen) atoms. The second-order valence-electron chi connectivity index (χ2n) is 9.30. The number of piperazine rings is 1. The van der Waals surface area contributed by atoms with Crippen LogP contribution in [0.15, 0.2) is 24.3 Å². The molecule has 2 aliphatic heterocycles. The highest BCUT2D eigenvalue weighted by molar-refractivity contribution is 5.93. The molecule has 0 aliphatic carbocycles. The number of morpholine rings is 1. The maximum Gasteiger partial charge on any atom is 0.317 e. The molecule has 0 aromatic heterocycles. The van der Waals surface area contributed by atoms with Crippen LogP contribution in [0.25, 0.3) is 0 Å². The predicted molar refractivity (Wildman–Crippen MR) is 136 cm³/mol. The number of urea groups is 1. The summed E-state index contributed by atoms with van der Waals surface area (Å²) in [5.41, 5.74) is 2.03. The van der Waals surface area contributed by atoms with E-state index in [0.717, 1.165) is 56.8 Å². The Balaban J connectivity index is 1.44. The van der Waals surface area contributed by atoms with E-state index in [4.69, 9.17) is 4.74 Å². The quantitative estimate of drug-likeness (QED) is 0.546. The summed E-state index contributed by atoms with van der Waals surface area (Å²) in [4.78, 5) is 31.9. The van der Waals surface area contributed by atoms with E-state index in [-0.39, 0.29) is 11.9 Å². The van der Waals surface area contributed by atoms with Crippen LogP contribution in [0.3, 0.4) is 0 Å². The number of nitrogens with one attached hydrogen (secondary N) is 2. The number of benzene rings is 1. The van der Waals surface area contributed by atoms with E-state index in [1.807, 2.05) is 29.2 Å². The van der Waals surface area contributed by atoms with Crippen LogP contribution in [0, 0.1) is 5.92 Å². The summed E-state index contributed by atoms with van der Waals surface area (Å²) in [5.74, 6) is 0.559. The molecule has 2 saturated heterocycles. The fourth-order valence-electron chi connectivity index (χ4n) is 5.09. The van der Waals surface area contributed by atoms with E-state index < -0.39 is 0 Å². The molecule has 2 aliphatic rings. The molecule has 1 atom stereocenters. The van der Waals surface area contributed by atoms with E-state index >= 15 is 0 Å². The highest BCUT2D eigenvalue weighted by Gasteiger charge is 2.29. The van der Waals surface area contributed by atoms with E-state index in [9.17, 15) is 9.59 Å². The van der Waals surface area contributed by atoms with Crippen LogP contribution in [0.1, 0.15) is 39.2 Å². The standard InChI is InChI=1S/C26H43N5O3/c1-4-21(5-2)24(30-15-17-34-18-16-30)19-27-26(33)31-13-11-29(12-14-31)20-25(32)28-23-10-8-7-9-22(23)6-3/h7-10,21,24H,4-6,11-20H2,1-3H3,(H,27,33)(H,28,32). The first-order valence-corrected chi connectivity index (χ1v) is 13.0. The molecular formula is C26H43N5O3. The van der Waals surface area contributed by atoms with Gasteiger partial charge in [-0.2, -0.15) is 0 Å². The number of hydrogen-bond donors (Lipinski definition) is 2. The minimum absolute atomic E-state index is 0.00247. The summed E-state index contributed by atoms with van der Waals surface area (Å²) >= 11 is 0. The molecule has 0 bridgehead atoms. The molecule has 8 heteroatoms. The third-order valence-corrected chi connectivity index (χ3v) is 7.27. The van der Waals surface area contributed by atoms with Gasteiger partial charge >= 0.3 is 6.03 Å². The fourth-order valence-corrected chi connectivity index (χ4v) is 5.09. The van der Waals surface area contributed by atoms with Crippen molar-refractivity contribution in [2.75, 3.05) is 70.9 Å². The van der Waals surface area contributed by atoms with Gasteiger partial charge in [-0.15, -0.1) is 0 Å². The van der Waals surface area contributed by atoms with E-state index in [1.165, 1.54) is 0 Å². The molecule has 190 valence electrons. The molecule has 3 amide bonds. The first-order chi connectivity index (χ1) is 16.5. The molecule has 3 rings (SSSR count). The molecule has 2 heterocycles. The summed E-state index contributed by atoms with van der Waals surface area (Å²) in [6, 6.07) is 8.28. The average Bonchev–Trinajstić information content (AvgIpc) is 2.87. The Kier molecular flexibility index (Phi) is 10.6. The van der Waals surface area contributed by atoms with Crippen LogP contribution < -0.4 is 10.6 Å². The minimum atomic E-state index is -0.00247. The van der Waals surface area contributed by atoms with Crippen molar-refractivity contribution in [3.63, 3.8) is 0 Å². The Bertz CT molecular complexity index is 771. The van der Waals surface area contributed by atoms with Crippen molar-refractivity contribution in [2.45, 2.75) is 46.1 Å². The topological polar surface area (TPSA) is 77.2 Å². The third-order valence-electron chi connectivity index (χ3n) is 7.27. The third kappa shape index (κ3) is 7.42. The monoisotopic (exact) mass is 473 g/mol. The maximum absolute atomic E-state index is 12.9. The zero-order chi connectivity index (χ0) is 24.3. The van der Waals surface area contributed by atoms with Gasteiger partial charge in [0.1, 0.15) is 0 Å². The van der Waals surface area contributed by atoms with Crippen molar-refractivity contribution in [1.82, 2.24) is 20.0 Å². The lowest BCUT2D eigenvalue weighted by molar-refractivity contribution is -0.117. The lowest BCUT2D eigenvalue weighted by atomic mass is 9.92. The first-order valence-electron chi connectivity index (χ1n) is 13.0. The fraction of sp³-hybridized carbons (Fsp3) is 0.692. The van der Waals surface area contributed by atoms with Gasteiger partial charge in [0.2, 0.25) is 5.91 Å². The van der Waals surface area contributed by atoms with Crippen LogP contribution >= 0.6 is 0 Å². The summed E-state index contributed by atoms with van der Waals surface area (Å²) in [7, 11) is 0. The molecule has 1 aromatic rings. The maximum atomic E-state index is 12.9. The number of carbonyl (C=O) groups is 2. The number of carbonyl (C=O) groups excluding carboxylic acids is 2. The number of amides is 3. The molecule has 2 N–H and O–H groups in total. The number of nitrogens with zero attached hydrogens (tertiary/aromatic N) is 3. The van der Waals surface area contributed by atoms with Gasteiger partial charge in [0.25, 0.3) is 0 Å². The van der Waals surface area contributed by atoms with Crippen LogP contribution in [-0.4, -0.2) is 98.3 Å². The van der Waals surface area contributed by atoms with Crippen molar-refractivity contribution in [2.24, 2.45) is 5.92 Å². The second kappa shape index (κ2) is 13.7. The van der Waals surface area contributed by atoms with E-state index in [1.54, 1.807) is 0 Å². The molecular weight excluding hydrogens is 430 g/mol. The summed E-state index contributed by atoms with van der Waals surface area (Å²) in [5, 5.41) is 6.25. The second-order valence-corrected chi connectivity index (χ2v) is 9.30. The van der Waals surface area contributed by atoms with Gasteiger partial charge in [0.05, 0.1) is 19.8 Å². The Labute approximate surface area is 205 Å². The zero-order valence-corrected chi connectivity index (χ0v) is 21.2. The van der Waals surface area contributed by atoms with Gasteiger partial charge in [-0.05, 0) is 24.0 Å². The van der Waals surface area contributed by atoms with Crippen LogP contribution in [-0.2, 0) is 16.0 Å². The normalized spacial score (nSPS) is 18.6. The van der Waals surface area contributed by atoms with Crippen molar-refractivity contribution in [3.05, 3.63) is 29.8 Å². The molecule has 1 unspecified atom stereocenters. The zero-order valence-electron chi connectivity index (χ0n) is 21.2.